The lowest BCUT2D eigenvalue weighted by atomic mass is 10.0. The van der Waals surface area contributed by atoms with Crippen molar-refractivity contribution in [1.29, 1.82) is 0 Å². The number of amides is 2. The van der Waals surface area contributed by atoms with Gasteiger partial charge >= 0.3 is 6.03 Å². The second-order valence-electron chi connectivity index (χ2n) is 4.24. The van der Waals surface area contributed by atoms with Crippen LogP contribution in [-0.2, 0) is 6.42 Å². The first-order valence-corrected chi connectivity index (χ1v) is 5.91. The molecule has 18 heavy (non-hydrogen) atoms. The Bertz CT molecular complexity index is 581. The Morgan fingerprint density at radius 1 is 1.17 bits per heavy atom. The Morgan fingerprint density at radius 2 is 2.11 bits per heavy atom. The van der Waals surface area contributed by atoms with Crippen molar-refractivity contribution >= 4 is 11.7 Å². The molecule has 0 aliphatic carbocycles. The maximum Gasteiger partial charge on any atom is 0.319 e. The minimum Gasteiger partial charge on any atom is -0.338 e. The number of carbonyl (C=O) groups is 1. The average Bonchev–Trinajstić information content (AvgIpc) is 2.59. The second kappa shape index (κ2) is 4.49. The molecule has 1 aromatic carbocycles. The standard InChI is InChI=1S/C14H13N3O/c18-14-16-7-5-11-8-10(3-4-13(11)17-14)12-2-1-6-15-9-12/h1-4,6,8-9H,5,7H2,(H2,16,17,18). The van der Waals surface area contributed by atoms with Crippen LogP contribution in [0.1, 0.15) is 5.56 Å². The fourth-order valence-electron chi connectivity index (χ4n) is 2.11. The molecule has 0 fully saturated rings. The van der Waals surface area contributed by atoms with Crippen LogP contribution in [0, 0.1) is 0 Å². The van der Waals surface area contributed by atoms with Gasteiger partial charge in [0.05, 0.1) is 0 Å². The first kappa shape index (κ1) is 10.8. The van der Waals surface area contributed by atoms with Crippen LogP contribution in [-0.4, -0.2) is 17.6 Å². The second-order valence-corrected chi connectivity index (χ2v) is 4.24. The van der Waals surface area contributed by atoms with E-state index in [4.69, 9.17) is 0 Å². The number of anilines is 1. The zero-order valence-electron chi connectivity index (χ0n) is 9.81. The van der Waals surface area contributed by atoms with Gasteiger partial charge in [0.1, 0.15) is 0 Å². The molecule has 3 rings (SSSR count). The maximum absolute atomic E-state index is 11.4. The number of benzene rings is 1. The lowest BCUT2D eigenvalue weighted by Gasteiger charge is -2.08. The van der Waals surface area contributed by atoms with Crippen LogP contribution in [0.25, 0.3) is 11.1 Å². The summed E-state index contributed by atoms with van der Waals surface area (Å²) >= 11 is 0. The van der Waals surface area contributed by atoms with E-state index >= 15 is 0 Å². The molecule has 90 valence electrons. The normalized spacial score (nSPS) is 14.1. The topological polar surface area (TPSA) is 54.0 Å². The SMILES string of the molecule is O=C1NCCc2cc(-c3cccnc3)ccc2N1. The largest absolute Gasteiger partial charge is 0.338 e. The number of hydrogen-bond acceptors (Lipinski definition) is 2. The molecule has 4 nitrogen and oxygen atoms in total. The number of aromatic nitrogens is 1. The van der Waals surface area contributed by atoms with E-state index in [0.717, 1.165) is 28.8 Å². The third-order valence-electron chi connectivity index (χ3n) is 3.03. The van der Waals surface area contributed by atoms with Crippen LogP contribution in [0.15, 0.2) is 42.7 Å². The zero-order valence-corrected chi connectivity index (χ0v) is 9.81. The van der Waals surface area contributed by atoms with E-state index in [2.05, 4.69) is 21.7 Å². The molecule has 0 radical (unpaired) electrons. The van der Waals surface area contributed by atoms with Crippen molar-refractivity contribution in [2.24, 2.45) is 0 Å². The van der Waals surface area contributed by atoms with Crippen molar-refractivity contribution in [3.05, 3.63) is 48.3 Å². The first-order chi connectivity index (χ1) is 8.83. The lowest BCUT2D eigenvalue weighted by Crippen LogP contribution is -2.27. The van der Waals surface area contributed by atoms with Gasteiger partial charge < -0.3 is 10.6 Å². The summed E-state index contributed by atoms with van der Waals surface area (Å²) in [7, 11) is 0. The predicted octanol–water partition coefficient (Wildman–Crippen LogP) is 2.43. The molecule has 2 aromatic rings. The number of urea groups is 1. The number of nitrogens with zero attached hydrogens (tertiary/aromatic N) is 1. The van der Waals surface area contributed by atoms with Gasteiger partial charge in [0.15, 0.2) is 0 Å². The van der Waals surface area contributed by atoms with Crippen molar-refractivity contribution in [2.75, 3.05) is 11.9 Å². The Hall–Kier alpha value is -2.36. The van der Waals surface area contributed by atoms with Crippen molar-refractivity contribution in [3.63, 3.8) is 0 Å². The third-order valence-corrected chi connectivity index (χ3v) is 3.03. The summed E-state index contributed by atoms with van der Waals surface area (Å²) in [6.45, 7) is 0.662. The van der Waals surface area contributed by atoms with E-state index in [0.29, 0.717) is 6.54 Å². The number of hydrogen-bond donors (Lipinski definition) is 2. The molecule has 0 spiro atoms. The fourth-order valence-corrected chi connectivity index (χ4v) is 2.11. The maximum atomic E-state index is 11.4. The number of nitrogens with one attached hydrogen (secondary N) is 2. The van der Waals surface area contributed by atoms with Gasteiger partial charge in [0.25, 0.3) is 0 Å². The smallest absolute Gasteiger partial charge is 0.319 e. The summed E-state index contributed by atoms with van der Waals surface area (Å²) in [5.74, 6) is 0. The number of fused-ring (bicyclic) bond motifs is 1. The predicted molar refractivity (Wildman–Crippen MR) is 70.4 cm³/mol. The summed E-state index contributed by atoms with van der Waals surface area (Å²) in [5.41, 5.74) is 4.24. The average molecular weight is 239 g/mol. The molecule has 4 heteroatoms. The molecule has 1 aromatic heterocycles. The van der Waals surface area contributed by atoms with E-state index in [1.807, 2.05) is 30.5 Å². The molecule has 1 aliphatic rings. The zero-order chi connectivity index (χ0) is 12.4. The summed E-state index contributed by atoms with van der Waals surface area (Å²) in [6, 6.07) is 9.87. The number of pyridine rings is 1. The summed E-state index contributed by atoms with van der Waals surface area (Å²) < 4.78 is 0. The van der Waals surface area contributed by atoms with Gasteiger partial charge in [-0.2, -0.15) is 0 Å². The van der Waals surface area contributed by atoms with Gasteiger partial charge in [-0.15, -0.1) is 0 Å². The highest BCUT2D eigenvalue weighted by Crippen LogP contribution is 2.25. The van der Waals surface area contributed by atoms with Gasteiger partial charge in [0.2, 0.25) is 0 Å². The Morgan fingerprint density at radius 3 is 2.94 bits per heavy atom. The molecule has 0 unspecified atom stereocenters. The molecule has 2 heterocycles. The minimum atomic E-state index is -0.136. The first-order valence-electron chi connectivity index (χ1n) is 5.91. The van der Waals surface area contributed by atoms with E-state index < -0.39 is 0 Å². The van der Waals surface area contributed by atoms with Crippen LogP contribution in [0.4, 0.5) is 10.5 Å². The highest BCUT2D eigenvalue weighted by atomic mass is 16.2. The number of rotatable bonds is 1. The lowest BCUT2D eigenvalue weighted by molar-refractivity contribution is 0.252. The minimum absolute atomic E-state index is 0.136. The van der Waals surface area contributed by atoms with Crippen LogP contribution >= 0.6 is 0 Å². The highest BCUT2D eigenvalue weighted by molar-refractivity contribution is 5.91. The van der Waals surface area contributed by atoms with Gasteiger partial charge in [-0.3, -0.25) is 4.98 Å². The monoisotopic (exact) mass is 239 g/mol. The van der Waals surface area contributed by atoms with E-state index in [1.165, 1.54) is 0 Å². The Balaban J connectivity index is 2.01. The Kier molecular flexibility index (Phi) is 2.68. The molecular formula is C14H13N3O. The fraction of sp³-hybridized carbons (Fsp3) is 0.143. The van der Waals surface area contributed by atoms with Gasteiger partial charge in [-0.1, -0.05) is 12.1 Å². The summed E-state index contributed by atoms with van der Waals surface area (Å²) in [4.78, 5) is 15.5. The molecule has 0 atom stereocenters. The molecule has 0 saturated heterocycles. The van der Waals surface area contributed by atoms with E-state index in [1.54, 1.807) is 6.20 Å². The molecule has 0 bridgehead atoms. The Labute approximate surface area is 105 Å². The highest BCUT2D eigenvalue weighted by Gasteiger charge is 2.12. The number of carbonyl (C=O) groups excluding carboxylic acids is 1. The van der Waals surface area contributed by atoms with Crippen LogP contribution < -0.4 is 10.6 Å². The summed E-state index contributed by atoms with van der Waals surface area (Å²) in [6.07, 6.45) is 4.44. The van der Waals surface area contributed by atoms with Crippen molar-refractivity contribution < 1.29 is 4.79 Å². The quantitative estimate of drug-likeness (QED) is 0.803. The van der Waals surface area contributed by atoms with Gasteiger partial charge in [-0.25, -0.2) is 4.79 Å². The van der Waals surface area contributed by atoms with Crippen LogP contribution in [0.5, 0.6) is 0 Å². The van der Waals surface area contributed by atoms with Gasteiger partial charge in [0, 0.05) is 24.6 Å². The van der Waals surface area contributed by atoms with E-state index in [-0.39, 0.29) is 6.03 Å². The molecular weight excluding hydrogens is 226 g/mol. The summed E-state index contributed by atoms with van der Waals surface area (Å²) in [5, 5.41) is 5.62. The third kappa shape index (κ3) is 2.05. The van der Waals surface area contributed by atoms with Crippen LogP contribution in [0.2, 0.25) is 0 Å². The van der Waals surface area contributed by atoms with Crippen LogP contribution in [0.3, 0.4) is 0 Å². The van der Waals surface area contributed by atoms with Crippen molar-refractivity contribution in [2.45, 2.75) is 6.42 Å². The van der Waals surface area contributed by atoms with Crippen molar-refractivity contribution in [3.8, 4) is 11.1 Å². The van der Waals surface area contributed by atoms with E-state index in [9.17, 15) is 4.79 Å². The molecule has 2 N–H and O–H groups in total. The van der Waals surface area contributed by atoms with Crippen molar-refractivity contribution in [1.82, 2.24) is 10.3 Å². The molecule has 0 saturated carbocycles. The van der Waals surface area contributed by atoms with Gasteiger partial charge in [-0.05, 0) is 41.3 Å². The molecule has 2 amide bonds. The molecule has 1 aliphatic heterocycles.